The second-order valence-corrected chi connectivity index (χ2v) is 7.52. The van der Waals surface area contributed by atoms with E-state index in [2.05, 4.69) is 44.7 Å². The van der Waals surface area contributed by atoms with Gasteiger partial charge in [-0.1, -0.05) is 17.7 Å². The van der Waals surface area contributed by atoms with Crippen LogP contribution in [0.4, 0.5) is 33.6 Å². The SMILES string of the molecule is CCN(CC)c1cc(C)nc(Nc2ccc(NC(=O)Nc3ccc(C)c(Cl)c3)cc2)n1. The molecule has 0 saturated carbocycles. The van der Waals surface area contributed by atoms with Gasteiger partial charge in [0.25, 0.3) is 0 Å². The van der Waals surface area contributed by atoms with Crippen molar-refractivity contribution in [2.45, 2.75) is 27.7 Å². The first-order chi connectivity index (χ1) is 14.9. The molecule has 3 rings (SSSR count). The fourth-order valence-electron chi connectivity index (χ4n) is 3.05. The molecular formula is C23H27ClN6O. The number of nitrogens with one attached hydrogen (secondary N) is 3. The van der Waals surface area contributed by atoms with Gasteiger partial charge in [0.05, 0.1) is 0 Å². The van der Waals surface area contributed by atoms with Crippen molar-refractivity contribution in [1.29, 1.82) is 0 Å². The largest absolute Gasteiger partial charge is 0.357 e. The van der Waals surface area contributed by atoms with Crippen LogP contribution in [0.3, 0.4) is 0 Å². The molecule has 8 heteroatoms. The second kappa shape index (κ2) is 10.1. The Balaban J connectivity index is 1.63. The number of aryl methyl sites for hydroxylation is 2. The quantitative estimate of drug-likeness (QED) is 0.422. The molecule has 0 atom stereocenters. The van der Waals surface area contributed by atoms with Crippen molar-refractivity contribution in [3.05, 3.63) is 64.8 Å². The van der Waals surface area contributed by atoms with Crippen LogP contribution in [0.15, 0.2) is 48.5 Å². The third-order valence-electron chi connectivity index (χ3n) is 4.76. The van der Waals surface area contributed by atoms with Gasteiger partial charge in [-0.15, -0.1) is 0 Å². The van der Waals surface area contributed by atoms with E-state index in [1.807, 2.05) is 56.3 Å². The highest BCUT2D eigenvalue weighted by Gasteiger charge is 2.09. The van der Waals surface area contributed by atoms with Gasteiger partial charge in [-0.25, -0.2) is 9.78 Å². The van der Waals surface area contributed by atoms with Crippen LogP contribution >= 0.6 is 11.6 Å². The number of halogens is 1. The summed E-state index contributed by atoms with van der Waals surface area (Å²) in [6, 6.07) is 14.4. The summed E-state index contributed by atoms with van der Waals surface area (Å²) in [5.41, 5.74) is 3.97. The molecule has 0 bridgehead atoms. The first-order valence-corrected chi connectivity index (χ1v) is 10.6. The average molecular weight is 439 g/mol. The lowest BCUT2D eigenvalue weighted by Gasteiger charge is -2.20. The number of hydrogen-bond acceptors (Lipinski definition) is 5. The molecule has 0 unspecified atom stereocenters. The maximum absolute atomic E-state index is 12.2. The van der Waals surface area contributed by atoms with E-state index in [-0.39, 0.29) is 6.03 Å². The standard InChI is InChI=1S/C23H27ClN6O/c1-5-30(6-2)21-13-16(4)25-22(29-21)26-17-9-11-18(12-10-17)27-23(31)28-19-8-7-15(3)20(24)14-19/h7-14H,5-6H2,1-4H3,(H,25,26,29)(H2,27,28,31). The van der Waals surface area contributed by atoms with Gasteiger partial charge in [-0.2, -0.15) is 4.98 Å². The minimum atomic E-state index is -0.341. The summed E-state index contributed by atoms with van der Waals surface area (Å²) in [6.07, 6.45) is 0. The molecule has 3 N–H and O–H groups in total. The van der Waals surface area contributed by atoms with Crippen LogP contribution in [0, 0.1) is 13.8 Å². The third-order valence-corrected chi connectivity index (χ3v) is 5.16. The van der Waals surface area contributed by atoms with Crippen LogP contribution in [0.1, 0.15) is 25.1 Å². The number of amides is 2. The van der Waals surface area contributed by atoms with Crippen LogP contribution in [0.25, 0.3) is 0 Å². The summed E-state index contributed by atoms with van der Waals surface area (Å²) in [5, 5.41) is 9.41. The highest BCUT2D eigenvalue weighted by Crippen LogP contribution is 2.22. The maximum Gasteiger partial charge on any atom is 0.323 e. The minimum absolute atomic E-state index is 0.341. The average Bonchev–Trinajstić information content (AvgIpc) is 2.73. The molecule has 0 spiro atoms. The lowest BCUT2D eigenvalue weighted by atomic mass is 10.2. The van der Waals surface area contributed by atoms with Crippen molar-refractivity contribution in [2.75, 3.05) is 33.9 Å². The van der Waals surface area contributed by atoms with Crippen LogP contribution in [0.2, 0.25) is 5.02 Å². The van der Waals surface area contributed by atoms with E-state index in [0.29, 0.717) is 22.3 Å². The Labute approximate surface area is 187 Å². The van der Waals surface area contributed by atoms with Gasteiger partial charge in [0.1, 0.15) is 5.82 Å². The van der Waals surface area contributed by atoms with Gasteiger partial charge in [-0.05, 0) is 69.7 Å². The van der Waals surface area contributed by atoms with Crippen LogP contribution in [0.5, 0.6) is 0 Å². The Morgan fingerprint density at radius 1 is 0.903 bits per heavy atom. The number of hydrogen-bond donors (Lipinski definition) is 3. The van der Waals surface area contributed by atoms with Crippen LogP contribution in [-0.2, 0) is 0 Å². The molecule has 162 valence electrons. The number of aromatic nitrogens is 2. The predicted molar refractivity (Wildman–Crippen MR) is 129 cm³/mol. The monoisotopic (exact) mass is 438 g/mol. The number of anilines is 5. The molecule has 0 fully saturated rings. The first kappa shape index (κ1) is 22.4. The zero-order chi connectivity index (χ0) is 22.4. The van der Waals surface area contributed by atoms with Crippen LogP contribution in [-0.4, -0.2) is 29.1 Å². The minimum Gasteiger partial charge on any atom is -0.357 e. The highest BCUT2D eigenvalue weighted by molar-refractivity contribution is 6.31. The molecule has 1 heterocycles. The van der Waals surface area contributed by atoms with Gasteiger partial charge in [0.2, 0.25) is 5.95 Å². The number of carbonyl (C=O) groups excluding carboxylic acids is 1. The molecule has 0 saturated heterocycles. The van der Waals surface area contributed by atoms with Crippen molar-refractivity contribution < 1.29 is 4.79 Å². The van der Waals surface area contributed by atoms with E-state index in [1.165, 1.54) is 0 Å². The van der Waals surface area contributed by atoms with Crippen molar-refractivity contribution >= 4 is 46.5 Å². The number of benzene rings is 2. The molecule has 0 aliphatic rings. The molecule has 2 amide bonds. The fourth-order valence-corrected chi connectivity index (χ4v) is 3.23. The zero-order valence-electron chi connectivity index (χ0n) is 18.2. The summed E-state index contributed by atoms with van der Waals surface area (Å²) < 4.78 is 0. The van der Waals surface area contributed by atoms with Crippen LogP contribution < -0.4 is 20.9 Å². The Kier molecular flexibility index (Phi) is 7.31. The van der Waals surface area contributed by atoms with Crippen molar-refractivity contribution in [3.63, 3.8) is 0 Å². The molecule has 3 aromatic rings. The van der Waals surface area contributed by atoms with Crippen molar-refractivity contribution in [1.82, 2.24) is 9.97 Å². The summed E-state index contributed by atoms with van der Waals surface area (Å²) in [5.74, 6) is 1.43. The number of urea groups is 1. The Hall–Kier alpha value is -3.32. The molecule has 7 nitrogen and oxygen atoms in total. The van der Waals surface area contributed by atoms with Gasteiger partial charge in [-0.3, -0.25) is 0 Å². The number of nitrogens with zero attached hydrogens (tertiary/aromatic N) is 3. The summed E-state index contributed by atoms with van der Waals surface area (Å²) in [6.45, 7) is 9.82. The second-order valence-electron chi connectivity index (χ2n) is 7.11. The Morgan fingerprint density at radius 2 is 1.52 bits per heavy atom. The normalized spacial score (nSPS) is 10.5. The van der Waals surface area contributed by atoms with Crippen molar-refractivity contribution in [3.8, 4) is 0 Å². The lowest BCUT2D eigenvalue weighted by molar-refractivity contribution is 0.262. The smallest absolute Gasteiger partial charge is 0.323 e. The first-order valence-electron chi connectivity index (χ1n) is 10.2. The van der Waals surface area contributed by atoms with Gasteiger partial charge < -0.3 is 20.9 Å². The molecule has 2 aromatic carbocycles. The van der Waals surface area contributed by atoms with Gasteiger partial charge in [0, 0.05) is 46.9 Å². The Bertz CT molecular complexity index is 1050. The molecule has 0 radical (unpaired) electrons. The molecule has 31 heavy (non-hydrogen) atoms. The number of carbonyl (C=O) groups is 1. The molecule has 1 aromatic heterocycles. The van der Waals surface area contributed by atoms with E-state index in [4.69, 9.17) is 11.6 Å². The summed E-state index contributed by atoms with van der Waals surface area (Å²) in [7, 11) is 0. The zero-order valence-corrected chi connectivity index (χ0v) is 18.9. The fraction of sp³-hybridized carbons (Fsp3) is 0.261. The lowest BCUT2D eigenvalue weighted by Crippen LogP contribution is -2.23. The third kappa shape index (κ3) is 6.08. The topological polar surface area (TPSA) is 82.2 Å². The summed E-state index contributed by atoms with van der Waals surface area (Å²) >= 11 is 6.10. The van der Waals surface area contributed by atoms with E-state index in [1.54, 1.807) is 6.07 Å². The van der Waals surface area contributed by atoms with Crippen molar-refractivity contribution in [2.24, 2.45) is 0 Å². The highest BCUT2D eigenvalue weighted by atomic mass is 35.5. The predicted octanol–water partition coefficient (Wildman–Crippen LogP) is 5.98. The van der Waals surface area contributed by atoms with E-state index < -0.39 is 0 Å². The van der Waals surface area contributed by atoms with E-state index in [9.17, 15) is 4.79 Å². The molecule has 0 aliphatic carbocycles. The van der Waals surface area contributed by atoms with Gasteiger partial charge >= 0.3 is 6.03 Å². The molecule has 0 aliphatic heterocycles. The molecular weight excluding hydrogens is 412 g/mol. The maximum atomic E-state index is 12.2. The summed E-state index contributed by atoms with van der Waals surface area (Å²) in [4.78, 5) is 23.5. The number of rotatable bonds is 7. The van der Waals surface area contributed by atoms with E-state index >= 15 is 0 Å². The Morgan fingerprint density at radius 3 is 2.16 bits per heavy atom. The van der Waals surface area contributed by atoms with Gasteiger partial charge in [0.15, 0.2) is 0 Å². The van der Waals surface area contributed by atoms with E-state index in [0.717, 1.165) is 35.9 Å².